The van der Waals surface area contributed by atoms with E-state index < -0.39 is 0 Å². The number of hydrogen-bond acceptors (Lipinski definition) is 3. The Bertz CT molecular complexity index is 401. The Morgan fingerprint density at radius 3 is 3.16 bits per heavy atom. The Balaban J connectivity index is 1.55. The first-order chi connectivity index (χ1) is 9.38. The summed E-state index contributed by atoms with van der Waals surface area (Å²) < 4.78 is 2.28. The van der Waals surface area contributed by atoms with E-state index in [4.69, 9.17) is 0 Å². The fourth-order valence-electron chi connectivity index (χ4n) is 3.66. The summed E-state index contributed by atoms with van der Waals surface area (Å²) in [4.78, 5) is 6.97. The zero-order valence-electron chi connectivity index (χ0n) is 12.0. The van der Waals surface area contributed by atoms with Gasteiger partial charge < -0.3 is 9.88 Å². The lowest BCUT2D eigenvalue weighted by Gasteiger charge is -2.32. The molecular formula is C15H26N4. The van der Waals surface area contributed by atoms with Crippen LogP contribution in [0.25, 0.3) is 0 Å². The van der Waals surface area contributed by atoms with Gasteiger partial charge >= 0.3 is 0 Å². The van der Waals surface area contributed by atoms with Gasteiger partial charge in [-0.3, -0.25) is 4.90 Å². The summed E-state index contributed by atoms with van der Waals surface area (Å²) in [6.07, 6.45) is 10.6. The van der Waals surface area contributed by atoms with E-state index in [1.807, 2.05) is 12.5 Å². The fraction of sp³-hybridized carbons (Fsp3) is 0.800. The summed E-state index contributed by atoms with van der Waals surface area (Å²) in [5, 5.41) is 3.78. The third-order valence-electron chi connectivity index (χ3n) is 4.66. The van der Waals surface area contributed by atoms with Gasteiger partial charge in [0.1, 0.15) is 0 Å². The molecule has 1 aromatic rings. The van der Waals surface area contributed by atoms with Crippen molar-refractivity contribution >= 4 is 0 Å². The highest BCUT2D eigenvalue weighted by Crippen LogP contribution is 2.27. The monoisotopic (exact) mass is 262 g/mol. The quantitative estimate of drug-likeness (QED) is 0.881. The number of hydrogen-bond donors (Lipinski definition) is 1. The lowest BCUT2D eigenvalue weighted by molar-refractivity contribution is 0.180. The first kappa shape index (κ1) is 13.1. The number of nitrogens with one attached hydrogen (secondary N) is 1. The van der Waals surface area contributed by atoms with Gasteiger partial charge in [-0.05, 0) is 32.2 Å². The molecule has 0 amide bonds. The topological polar surface area (TPSA) is 33.1 Å². The molecule has 0 bridgehead atoms. The molecule has 2 saturated heterocycles. The highest BCUT2D eigenvalue weighted by Gasteiger charge is 2.34. The van der Waals surface area contributed by atoms with Gasteiger partial charge in [-0.25, -0.2) is 4.98 Å². The van der Waals surface area contributed by atoms with Crippen LogP contribution < -0.4 is 5.32 Å². The van der Waals surface area contributed by atoms with Gasteiger partial charge in [0, 0.05) is 37.9 Å². The van der Waals surface area contributed by atoms with Crippen molar-refractivity contribution in [3.05, 3.63) is 18.2 Å². The number of aryl methyl sites for hydroxylation is 1. The van der Waals surface area contributed by atoms with Crippen LogP contribution in [0.1, 0.15) is 44.7 Å². The maximum Gasteiger partial charge on any atom is 0.0948 e. The summed E-state index contributed by atoms with van der Waals surface area (Å²) in [5.74, 6) is 0. The van der Waals surface area contributed by atoms with E-state index in [9.17, 15) is 0 Å². The average molecular weight is 262 g/mol. The van der Waals surface area contributed by atoms with Gasteiger partial charge in [0.25, 0.3) is 0 Å². The molecule has 106 valence electrons. The Hall–Kier alpha value is -0.870. The van der Waals surface area contributed by atoms with E-state index in [0.717, 1.165) is 19.1 Å². The van der Waals surface area contributed by atoms with E-state index in [0.29, 0.717) is 6.04 Å². The first-order valence-corrected chi connectivity index (χ1v) is 7.85. The van der Waals surface area contributed by atoms with Gasteiger partial charge in [0.2, 0.25) is 0 Å². The molecule has 2 aliphatic rings. The molecule has 2 atom stereocenters. The molecule has 3 heterocycles. The lowest BCUT2D eigenvalue weighted by Crippen LogP contribution is -2.44. The standard InChI is InChI=1S/C15H26N4/c1-2-7-19-12-16-10-13(19)11-17-14-6-9-18-8-4-3-5-15(14)18/h10,12,14-15,17H,2-9,11H2,1H3. The van der Waals surface area contributed by atoms with Crippen LogP contribution in [0.15, 0.2) is 12.5 Å². The van der Waals surface area contributed by atoms with Crippen molar-refractivity contribution in [3.63, 3.8) is 0 Å². The van der Waals surface area contributed by atoms with Crippen molar-refractivity contribution in [3.8, 4) is 0 Å². The zero-order valence-corrected chi connectivity index (χ0v) is 12.0. The van der Waals surface area contributed by atoms with Crippen LogP contribution in [0.4, 0.5) is 0 Å². The molecule has 0 radical (unpaired) electrons. The molecule has 2 unspecified atom stereocenters. The summed E-state index contributed by atoms with van der Waals surface area (Å²) in [5.41, 5.74) is 1.33. The second-order valence-electron chi connectivity index (χ2n) is 5.95. The molecule has 0 aliphatic carbocycles. The molecule has 3 rings (SSSR count). The number of piperidine rings is 1. The van der Waals surface area contributed by atoms with Crippen LogP contribution in [0, 0.1) is 0 Å². The minimum absolute atomic E-state index is 0.685. The number of fused-ring (bicyclic) bond motifs is 1. The van der Waals surface area contributed by atoms with Crippen molar-refractivity contribution in [2.45, 2.75) is 64.2 Å². The maximum absolute atomic E-state index is 4.28. The molecular weight excluding hydrogens is 236 g/mol. The molecule has 4 nitrogen and oxygen atoms in total. The molecule has 0 aromatic carbocycles. The predicted octanol–water partition coefficient (Wildman–Crippen LogP) is 2.01. The van der Waals surface area contributed by atoms with E-state index in [1.54, 1.807) is 0 Å². The predicted molar refractivity (Wildman–Crippen MR) is 77.0 cm³/mol. The summed E-state index contributed by atoms with van der Waals surface area (Å²) in [6.45, 7) is 6.87. The summed E-state index contributed by atoms with van der Waals surface area (Å²) in [7, 11) is 0. The van der Waals surface area contributed by atoms with E-state index in [2.05, 4.69) is 26.7 Å². The normalized spacial score (nSPS) is 27.6. The van der Waals surface area contributed by atoms with Crippen LogP contribution in [-0.4, -0.2) is 39.6 Å². The molecule has 1 N–H and O–H groups in total. The molecule has 2 aliphatic heterocycles. The Morgan fingerprint density at radius 2 is 2.26 bits per heavy atom. The Morgan fingerprint density at radius 1 is 1.32 bits per heavy atom. The third kappa shape index (κ3) is 2.84. The van der Waals surface area contributed by atoms with Gasteiger partial charge in [-0.15, -0.1) is 0 Å². The van der Waals surface area contributed by atoms with Crippen LogP contribution in [0.5, 0.6) is 0 Å². The molecule has 1 aromatic heterocycles. The summed E-state index contributed by atoms with van der Waals surface area (Å²) in [6, 6.07) is 1.47. The Labute approximate surface area is 116 Å². The molecule has 0 spiro atoms. The van der Waals surface area contributed by atoms with Crippen molar-refractivity contribution < 1.29 is 0 Å². The largest absolute Gasteiger partial charge is 0.333 e. The minimum atomic E-state index is 0.685. The van der Waals surface area contributed by atoms with Gasteiger partial charge in [-0.1, -0.05) is 13.3 Å². The average Bonchev–Trinajstić information content (AvgIpc) is 3.04. The van der Waals surface area contributed by atoms with Gasteiger partial charge in [-0.2, -0.15) is 0 Å². The molecule has 0 saturated carbocycles. The number of imidazole rings is 1. The van der Waals surface area contributed by atoms with Crippen LogP contribution in [-0.2, 0) is 13.1 Å². The van der Waals surface area contributed by atoms with Crippen molar-refractivity contribution in [2.24, 2.45) is 0 Å². The lowest BCUT2D eigenvalue weighted by atomic mass is 9.99. The van der Waals surface area contributed by atoms with Crippen molar-refractivity contribution in [1.29, 1.82) is 0 Å². The van der Waals surface area contributed by atoms with E-state index >= 15 is 0 Å². The highest BCUT2D eigenvalue weighted by molar-refractivity contribution is 5.01. The van der Waals surface area contributed by atoms with Gasteiger partial charge in [0.05, 0.1) is 12.0 Å². The second-order valence-corrected chi connectivity index (χ2v) is 5.95. The highest BCUT2D eigenvalue weighted by atomic mass is 15.2. The Kier molecular flexibility index (Phi) is 4.18. The van der Waals surface area contributed by atoms with Gasteiger partial charge in [0.15, 0.2) is 0 Å². The number of aromatic nitrogens is 2. The molecule has 4 heteroatoms. The minimum Gasteiger partial charge on any atom is -0.333 e. The van der Waals surface area contributed by atoms with Crippen molar-refractivity contribution in [1.82, 2.24) is 19.8 Å². The van der Waals surface area contributed by atoms with Crippen LogP contribution >= 0.6 is 0 Å². The fourth-order valence-corrected chi connectivity index (χ4v) is 3.66. The molecule has 19 heavy (non-hydrogen) atoms. The zero-order chi connectivity index (χ0) is 13.1. The summed E-state index contributed by atoms with van der Waals surface area (Å²) >= 11 is 0. The molecule has 2 fully saturated rings. The third-order valence-corrected chi connectivity index (χ3v) is 4.66. The smallest absolute Gasteiger partial charge is 0.0948 e. The SMILES string of the molecule is CCCn1cncc1CNC1CCN2CCCCC12. The number of rotatable bonds is 5. The second kappa shape index (κ2) is 6.06. The van der Waals surface area contributed by atoms with E-state index in [1.165, 1.54) is 50.9 Å². The number of nitrogens with zero attached hydrogens (tertiary/aromatic N) is 3. The van der Waals surface area contributed by atoms with Crippen molar-refractivity contribution in [2.75, 3.05) is 13.1 Å². The van der Waals surface area contributed by atoms with Crippen LogP contribution in [0.2, 0.25) is 0 Å². The van der Waals surface area contributed by atoms with Crippen LogP contribution in [0.3, 0.4) is 0 Å². The van der Waals surface area contributed by atoms with E-state index in [-0.39, 0.29) is 0 Å². The first-order valence-electron chi connectivity index (χ1n) is 7.85. The maximum atomic E-state index is 4.28.